The number of halogens is 1. The summed E-state index contributed by atoms with van der Waals surface area (Å²) in [5.41, 5.74) is 7.24. The summed E-state index contributed by atoms with van der Waals surface area (Å²) in [6, 6.07) is 13.5. The number of benzene rings is 2. The molecule has 0 saturated carbocycles. The predicted octanol–water partition coefficient (Wildman–Crippen LogP) is 4.25. The van der Waals surface area contributed by atoms with Crippen LogP contribution in [0.3, 0.4) is 0 Å². The van der Waals surface area contributed by atoms with Crippen LogP contribution >= 0.6 is 23.4 Å². The zero-order valence-electron chi connectivity index (χ0n) is 15.7. The van der Waals surface area contributed by atoms with Gasteiger partial charge in [-0.05, 0) is 44.0 Å². The van der Waals surface area contributed by atoms with E-state index in [1.54, 1.807) is 6.07 Å². The lowest BCUT2D eigenvalue weighted by Gasteiger charge is -2.32. The average Bonchev–Trinajstić information content (AvgIpc) is 3.04. The number of amides is 1. The first kappa shape index (κ1) is 18.8. The fourth-order valence-electron chi connectivity index (χ4n) is 3.07. The summed E-state index contributed by atoms with van der Waals surface area (Å²) in [5, 5.41) is 12.2. The number of hydrogen-bond donors (Lipinski definition) is 2. The summed E-state index contributed by atoms with van der Waals surface area (Å²) in [4.78, 5) is 13.2. The van der Waals surface area contributed by atoms with Crippen LogP contribution in [0.2, 0.25) is 5.02 Å². The van der Waals surface area contributed by atoms with Gasteiger partial charge in [-0.15, -0.1) is 10.2 Å². The topological polar surface area (TPSA) is 71.8 Å². The van der Waals surface area contributed by atoms with E-state index in [1.807, 2.05) is 61.8 Å². The highest BCUT2D eigenvalue weighted by Crippen LogP contribution is 2.37. The zero-order chi connectivity index (χ0) is 19.8. The molecule has 2 N–H and O–H groups in total. The Hall–Kier alpha value is -2.51. The molecule has 28 heavy (non-hydrogen) atoms. The van der Waals surface area contributed by atoms with Crippen LogP contribution in [0.5, 0.6) is 0 Å². The van der Waals surface area contributed by atoms with E-state index in [0.717, 1.165) is 17.0 Å². The molecule has 0 spiro atoms. The standard InChI is InChI=1S/C20H20ClN5OS/c1-11-4-7-14(8-5-11)17-18(28-20-24-23-13(3)26(20)25-17)19(27)22-15-9-6-12(2)16(21)10-15/h4-10,17-18,25H,1-3H3,(H,22,27)/t17-,18-/m0/s1. The lowest BCUT2D eigenvalue weighted by Crippen LogP contribution is -2.41. The monoisotopic (exact) mass is 413 g/mol. The molecular weight excluding hydrogens is 394 g/mol. The molecule has 0 saturated heterocycles. The van der Waals surface area contributed by atoms with E-state index in [1.165, 1.54) is 17.3 Å². The summed E-state index contributed by atoms with van der Waals surface area (Å²) >= 11 is 7.60. The van der Waals surface area contributed by atoms with Crippen molar-refractivity contribution in [1.29, 1.82) is 0 Å². The number of thioether (sulfide) groups is 1. The van der Waals surface area contributed by atoms with Gasteiger partial charge < -0.3 is 10.7 Å². The first-order valence-electron chi connectivity index (χ1n) is 8.91. The number of aryl methyl sites for hydroxylation is 3. The van der Waals surface area contributed by atoms with Gasteiger partial charge in [-0.2, -0.15) is 0 Å². The van der Waals surface area contributed by atoms with E-state index in [-0.39, 0.29) is 11.9 Å². The van der Waals surface area contributed by atoms with Gasteiger partial charge in [0.15, 0.2) is 0 Å². The molecule has 2 aromatic carbocycles. The quantitative estimate of drug-likeness (QED) is 0.671. The molecule has 144 valence electrons. The maximum absolute atomic E-state index is 13.2. The van der Waals surface area contributed by atoms with Crippen LogP contribution in [0.25, 0.3) is 0 Å². The van der Waals surface area contributed by atoms with Crippen LogP contribution < -0.4 is 10.7 Å². The molecule has 8 heteroatoms. The van der Waals surface area contributed by atoms with Crippen molar-refractivity contribution in [3.8, 4) is 0 Å². The Labute approximate surface area is 172 Å². The van der Waals surface area contributed by atoms with E-state index in [0.29, 0.717) is 15.9 Å². The van der Waals surface area contributed by atoms with Crippen LogP contribution in [0, 0.1) is 20.8 Å². The number of carbonyl (C=O) groups is 1. The molecule has 1 aliphatic rings. The molecule has 2 atom stereocenters. The molecule has 0 fully saturated rings. The van der Waals surface area contributed by atoms with Crippen LogP contribution in [-0.2, 0) is 4.79 Å². The van der Waals surface area contributed by atoms with Crippen molar-refractivity contribution in [2.24, 2.45) is 0 Å². The van der Waals surface area contributed by atoms with E-state index in [9.17, 15) is 4.79 Å². The third-order valence-electron chi connectivity index (χ3n) is 4.73. The van der Waals surface area contributed by atoms with E-state index in [2.05, 4.69) is 20.9 Å². The number of hydrogen-bond acceptors (Lipinski definition) is 5. The minimum absolute atomic E-state index is 0.116. The van der Waals surface area contributed by atoms with E-state index >= 15 is 0 Å². The van der Waals surface area contributed by atoms with Crippen molar-refractivity contribution in [1.82, 2.24) is 14.9 Å². The van der Waals surface area contributed by atoms with Crippen molar-refractivity contribution in [3.63, 3.8) is 0 Å². The van der Waals surface area contributed by atoms with Crippen LogP contribution in [0.1, 0.15) is 28.6 Å². The van der Waals surface area contributed by atoms with Gasteiger partial charge in [0.2, 0.25) is 11.1 Å². The maximum Gasteiger partial charge on any atom is 0.240 e. The average molecular weight is 414 g/mol. The highest BCUT2D eigenvalue weighted by Gasteiger charge is 2.37. The third kappa shape index (κ3) is 3.59. The molecule has 2 heterocycles. The van der Waals surface area contributed by atoms with Crippen molar-refractivity contribution in [2.45, 2.75) is 37.2 Å². The van der Waals surface area contributed by atoms with Gasteiger partial charge in [-0.25, -0.2) is 4.68 Å². The summed E-state index contributed by atoms with van der Waals surface area (Å²) in [6.07, 6.45) is 0. The smallest absolute Gasteiger partial charge is 0.240 e. The van der Waals surface area contributed by atoms with Crippen molar-refractivity contribution < 1.29 is 4.79 Å². The van der Waals surface area contributed by atoms with Gasteiger partial charge >= 0.3 is 0 Å². The second kappa shape index (κ2) is 7.48. The normalized spacial score (nSPS) is 18.3. The third-order valence-corrected chi connectivity index (χ3v) is 6.36. The maximum atomic E-state index is 13.2. The Morgan fingerprint density at radius 2 is 1.89 bits per heavy atom. The van der Waals surface area contributed by atoms with Gasteiger partial charge in [-0.1, -0.05) is 59.3 Å². The molecule has 6 nitrogen and oxygen atoms in total. The number of carbonyl (C=O) groups excluding carboxylic acids is 1. The molecule has 0 bridgehead atoms. The number of aromatic nitrogens is 3. The Morgan fingerprint density at radius 1 is 1.14 bits per heavy atom. The SMILES string of the molecule is Cc1ccc([C@@H]2Nn3c(C)nnc3S[C@@H]2C(=O)Nc2ccc(C)c(Cl)c2)cc1. The first-order valence-corrected chi connectivity index (χ1v) is 10.2. The van der Waals surface area contributed by atoms with E-state index < -0.39 is 5.25 Å². The Kier molecular flexibility index (Phi) is 5.03. The fourth-order valence-corrected chi connectivity index (χ4v) is 4.37. The van der Waals surface area contributed by atoms with E-state index in [4.69, 9.17) is 11.6 Å². The van der Waals surface area contributed by atoms with Crippen molar-refractivity contribution in [3.05, 3.63) is 70.0 Å². The number of nitrogens with one attached hydrogen (secondary N) is 2. The second-order valence-electron chi connectivity index (χ2n) is 6.87. The highest BCUT2D eigenvalue weighted by atomic mass is 35.5. The minimum atomic E-state index is -0.418. The fraction of sp³-hybridized carbons (Fsp3) is 0.250. The van der Waals surface area contributed by atoms with Crippen molar-refractivity contribution >= 4 is 35.0 Å². The van der Waals surface area contributed by atoms with Crippen LogP contribution in [-0.4, -0.2) is 26.0 Å². The van der Waals surface area contributed by atoms with Crippen LogP contribution in [0.15, 0.2) is 47.6 Å². The molecular formula is C20H20ClN5OS. The molecule has 4 rings (SSSR count). The number of rotatable bonds is 3. The van der Waals surface area contributed by atoms with Gasteiger partial charge in [0, 0.05) is 10.7 Å². The first-order chi connectivity index (χ1) is 13.4. The molecule has 1 aliphatic heterocycles. The summed E-state index contributed by atoms with van der Waals surface area (Å²) in [6.45, 7) is 5.85. The molecule has 0 unspecified atom stereocenters. The number of fused-ring (bicyclic) bond motifs is 1. The molecule has 0 radical (unpaired) electrons. The molecule has 1 amide bonds. The van der Waals surface area contributed by atoms with Gasteiger partial charge in [0.05, 0.1) is 6.04 Å². The van der Waals surface area contributed by atoms with Crippen LogP contribution in [0.4, 0.5) is 5.69 Å². The summed E-state index contributed by atoms with van der Waals surface area (Å²) < 4.78 is 1.84. The predicted molar refractivity (Wildman–Crippen MR) is 113 cm³/mol. The summed E-state index contributed by atoms with van der Waals surface area (Å²) in [7, 11) is 0. The lowest BCUT2D eigenvalue weighted by atomic mass is 10.0. The zero-order valence-corrected chi connectivity index (χ0v) is 17.3. The highest BCUT2D eigenvalue weighted by molar-refractivity contribution is 8.00. The van der Waals surface area contributed by atoms with Gasteiger partial charge in [0.1, 0.15) is 11.1 Å². The molecule has 3 aromatic rings. The molecule has 1 aromatic heterocycles. The minimum Gasteiger partial charge on any atom is -0.325 e. The van der Waals surface area contributed by atoms with Crippen molar-refractivity contribution in [2.75, 3.05) is 10.7 Å². The summed E-state index contributed by atoms with van der Waals surface area (Å²) in [5.74, 6) is 0.638. The lowest BCUT2D eigenvalue weighted by molar-refractivity contribution is -0.116. The molecule has 0 aliphatic carbocycles. The number of anilines is 1. The Balaban J connectivity index is 1.65. The Bertz CT molecular complexity index is 1030. The van der Waals surface area contributed by atoms with Gasteiger partial charge in [0.25, 0.3) is 0 Å². The Morgan fingerprint density at radius 3 is 2.61 bits per heavy atom. The second-order valence-corrected chi connectivity index (χ2v) is 8.39. The number of nitrogens with zero attached hydrogens (tertiary/aromatic N) is 3. The van der Waals surface area contributed by atoms with Gasteiger partial charge in [-0.3, -0.25) is 4.79 Å². The largest absolute Gasteiger partial charge is 0.325 e.